The monoisotopic (exact) mass is 226 g/mol. The highest BCUT2D eigenvalue weighted by molar-refractivity contribution is 5.92. The van der Waals surface area contributed by atoms with Crippen molar-refractivity contribution in [3.8, 4) is 0 Å². The van der Waals surface area contributed by atoms with Crippen molar-refractivity contribution in [2.75, 3.05) is 26.3 Å². The second-order valence-corrected chi connectivity index (χ2v) is 3.62. The lowest BCUT2D eigenvalue weighted by Crippen LogP contribution is -2.55. The number of hydrogen-bond donors (Lipinski definition) is 1. The van der Waals surface area contributed by atoms with Crippen LogP contribution in [0.5, 0.6) is 0 Å². The lowest BCUT2D eigenvalue weighted by molar-refractivity contribution is -0.145. The number of ether oxygens (including phenoxy) is 1. The van der Waals surface area contributed by atoms with Crippen molar-refractivity contribution in [1.82, 2.24) is 10.2 Å². The Morgan fingerprint density at radius 1 is 1.62 bits per heavy atom. The van der Waals surface area contributed by atoms with Crippen LogP contribution >= 0.6 is 0 Å². The van der Waals surface area contributed by atoms with Crippen molar-refractivity contribution in [1.29, 1.82) is 0 Å². The Bertz CT molecular complexity index is 278. The number of amides is 2. The van der Waals surface area contributed by atoms with Crippen LogP contribution < -0.4 is 5.32 Å². The summed E-state index contributed by atoms with van der Waals surface area (Å²) >= 11 is 0. The van der Waals surface area contributed by atoms with Crippen molar-refractivity contribution in [2.45, 2.75) is 19.4 Å². The summed E-state index contributed by atoms with van der Waals surface area (Å²) in [7, 11) is 0. The summed E-state index contributed by atoms with van der Waals surface area (Å²) in [6.07, 6.45) is 2.10. The molecule has 0 radical (unpaired) electrons. The fourth-order valence-electron chi connectivity index (χ4n) is 1.57. The quantitative estimate of drug-likeness (QED) is 0.682. The lowest BCUT2D eigenvalue weighted by atomic mass is 10.2. The number of carbonyl (C=O) groups is 2. The van der Waals surface area contributed by atoms with Crippen LogP contribution in [-0.4, -0.2) is 49.1 Å². The van der Waals surface area contributed by atoms with Crippen LogP contribution in [0.15, 0.2) is 12.7 Å². The molecule has 5 nitrogen and oxygen atoms in total. The molecule has 1 unspecified atom stereocenters. The molecule has 0 aliphatic carbocycles. The normalized spacial score (nSPS) is 20.3. The molecule has 1 aliphatic rings. The van der Waals surface area contributed by atoms with Crippen molar-refractivity contribution >= 4 is 11.8 Å². The van der Waals surface area contributed by atoms with Gasteiger partial charge in [0.1, 0.15) is 6.04 Å². The molecule has 2 amide bonds. The molecule has 0 aromatic heterocycles. The van der Waals surface area contributed by atoms with Gasteiger partial charge in [-0.05, 0) is 12.5 Å². The SMILES string of the molecule is C=CC(=O)N1CCOCC1C(=O)NCCC. The Labute approximate surface area is 95.4 Å². The zero-order valence-corrected chi connectivity index (χ0v) is 9.57. The van der Waals surface area contributed by atoms with Gasteiger partial charge in [-0.1, -0.05) is 13.5 Å². The van der Waals surface area contributed by atoms with Crippen molar-refractivity contribution in [3.05, 3.63) is 12.7 Å². The Morgan fingerprint density at radius 3 is 3.00 bits per heavy atom. The van der Waals surface area contributed by atoms with Gasteiger partial charge >= 0.3 is 0 Å². The van der Waals surface area contributed by atoms with Crippen molar-refractivity contribution in [2.24, 2.45) is 0 Å². The molecule has 0 saturated carbocycles. The Kier molecular flexibility index (Phi) is 4.98. The molecule has 1 saturated heterocycles. The summed E-state index contributed by atoms with van der Waals surface area (Å²) in [5.74, 6) is -0.378. The van der Waals surface area contributed by atoms with Gasteiger partial charge < -0.3 is 15.0 Å². The molecule has 0 aromatic carbocycles. The van der Waals surface area contributed by atoms with E-state index in [-0.39, 0.29) is 18.4 Å². The zero-order chi connectivity index (χ0) is 12.0. The Morgan fingerprint density at radius 2 is 2.38 bits per heavy atom. The first kappa shape index (κ1) is 12.7. The van der Waals surface area contributed by atoms with Crippen LogP contribution in [-0.2, 0) is 14.3 Å². The van der Waals surface area contributed by atoms with E-state index in [1.165, 1.54) is 11.0 Å². The van der Waals surface area contributed by atoms with E-state index in [4.69, 9.17) is 4.74 Å². The minimum absolute atomic E-state index is 0.156. The Balaban J connectivity index is 2.62. The van der Waals surface area contributed by atoms with E-state index in [0.29, 0.717) is 19.7 Å². The molecular weight excluding hydrogens is 208 g/mol. The van der Waals surface area contributed by atoms with Crippen LogP contribution in [0.3, 0.4) is 0 Å². The Hall–Kier alpha value is -1.36. The van der Waals surface area contributed by atoms with Crippen molar-refractivity contribution < 1.29 is 14.3 Å². The zero-order valence-electron chi connectivity index (χ0n) is 9.57. The fraction of sp³-hybridized carbons (Fsp3) is 0.636. The maximum atomic E-state index is 11.8. The van der Waals surface area contributed by atoms with E-state index in [9.17, 15) is 9.59 Å². The van der Waals surface area contributed by atoms with Gasteiger partial charge in [-0.25, -0.2) is 0 Å². The van der Waals surface area contributed by atoms with Crippen LogP contribution in [0, 0.1) is 0 Å². The predicted octanol–water partition coefficient (Wildman–Crippen LogP) is -0.0740. The number of nitrogens with one attached hydrogen (secondary N) is 1. The summed E-state index contributed by atoms with van der Waals surface area (Å²) in [4.78, 5) is 24.8. The van der Waals surface area contributed by atoms with Crippen LogP contribution in [0.1, 0.15) is 13.3 Å². The van der Waals surface area contributed by atoms with Gasteiger partial charge in [0.2, 0.25) is 11.8 Å². The second kappa shape index (κ2) is 6.27. The minimum atomic E-state index is -0.522. The highest BCUT2D eigenvalue weighted by Crippen LogP contribution is 2.08. The first-order valence-electron chi connectivity index (χ1n) is 5.49. The molecule has 1 rings (SSSR count). The predicted molar refractivity (Wildman–Crippen MR) is 59.8 cm³/mol. The molecule has 5 heteroatoms. The first-order chi connectivity index (χ1) is 7.70. The molecule has 0 spiro atoms. The molecule has 0 bridgehead atoms. The van der Waals surface area contributed by atoms with E-state index in [1.807, 2.05) is 6.92 Å². The topological polar surface area (TPSA) is 58.6 Å². The summed E-state index contributed by atoms with van der Waals surface area (Å²) in [6, 6.07) is -0.522. The molecule has 1 N–H and O–H groups in total. The highest BCUT2D eigenvalue weighted by atomic mass is 16.5. The standard InChI is InChI=1S/C11H18N2O3/c1-3-5-12-11(15)9-8-16-7-6-13(9)10(14)4-2/h4,9H,2-3,5-8H2,1H3,(H,12,15). The fourth-order valence-corrected chi connectivity index (χ4v) is 1.57. The molecule has 16 heavy (non-hydrogen) atoms. The number of morpholine rings is 1. The number of rotatable bonds is 4. The van der Waals surface area contributed by atoms with E-state index in [1.54, 1.807) is 0 Å². The van der Waals surface area contributed by atoms with Gasteiger partial charge in [0.05, 0.1) is 13.2 Å². The maximum absolute atomic E-state index is 11.8. The van der Waals surface area contributed by atoms with Gasteiger partial charge in [0, 0.05) is 13.1 Å². The summed E-state index contributed by atoms with van der Waals surface area (Å²) < 4.78 is 5.22. The van der Waals surface area contributed by atoms with E-state index in [2.05, 4.69) is 11.9 Å². The van der Waals surface area contributed by atoms with Gasteiger partial charge in [-0.2, -0.15) is 0 Å². The van der Waals surface area contributed by atoms with Gasteiger partial charge in [0.25, 0.3) is 0 Å². The lowest BCUT2D eigenvalue weighted by Gasteiger charge is -2.33. The molecular formula is C11H18N2O3. The van der Waals surface area contributed by atoms with E-state index in [0.717, 1.165) is 6.42 Å². The maximum Gasteiger partial charge on any atom is 0.246 e. The van der Waals surface area contributed by atoms with E-state index < -0.39 is 6.04 Å². The molecule has 1 heterocycles. The number of carbonyl (C=O) groups excluding carboxylic acids is 2. The first-order valence-corrected chi connectivity index (χ1v) is 5.49. The summed E-state index contributed by atoms with van der Waals surface area (Å²) in [5, 5.41) is 2.76. The van der Waals surface area contributed by atoms with Crippen LogP contribution in [0.2, 0.25) is 0 Å². The third-order valence-electron chi connectivity index (χ3n) is 2.44. The molecule has 1 atom stereocenters. The van der Waals surface area contributed by atoms with Crippen LogP contribution in [0.25, 0.3) is 0 Å². The second-order valence-electron chi connectivity index (χ2n) is 3.62. The van der Waals surface area contributed by atoms with Gasteiger partial charge in [-0.3, -0.25) is 9.59 Å². The third-order valence-corrected chi connectivity index (χ3v) is 2.44. The molecule has 90 valence electrons. The molecule has 1 fully saturated rings. The summed E-state index contributed by atoms with van der Waals surface area (Å²) in [5.41, 5.74) is 0. The average Bonchev–Trinajstić information content (AvgIpc) is 2.35. The molecule has 1 aliphatic heterocycles. The smallest absolute Gasteiger partial charge is 0.246 e. The molecule has 0 aromatic rings. The van der Waals surface area contributed by atoms with E-state index >= 15 is 0 Å². The average molecular weight is 226 g/mol. The highest BCUT2D eigenvalue weighted by Gasteiger charge is 2.31. The summed E-state index contributed by atoms with van der Waals surface area (Å²) in [6.45, 7) is 7.19. The number of nitrogens with zero attached hydrogens (tertiary/aromatic N) is 1. The van der Waals surface area contributed by atoms with Crippen molar-refractivity contribution in [3.63, 3.8) is 0 Å². The van der Waals surface area contributed by atoms with Crippen LogP contribution in [0.4, 0.5) is 0 Å². The number of hydrogen-bond acceptors (Lipinski definition) is 3. The minimum Gasteiger partial charge on any atom is -0.377 e. The third kappa shape index (κ3) is 3.06. The van der Waals surface area contributed by atoms with Gasteiger partial charge in [0.15, 0.2) is 0 Å². The van der Waals surface area contributed by atoms with Gasteiger partial charge in [-0.15, -0.1) is 0 Å². The largest absolute Gasteiger partial charge is 0.377 e.